The first-order valence-corrected chi connectivity index (χ1v) is 7.78. The highest BCUT2D eigenvalue weighted by atomic mass is 79.9. The number of carbonyl (C=O) groups excluding carboxylic acids is 1. The van der Waals surface area contributed by atoms with E-state index in [0.29, 0.717) is 12.2 Å². The zero-order chi connectivity index (χ0) is 15.1. The molecule has 0 N–H and O–H groups in total. The van der Waals surface area contributed by atoms with Crippen LogP contribution >= 0.6 is 15.9 Å². The highest BCUT2D eigenvalue weighted by Gasteiger charge is 2.21. The molecule has 0 fully saturated rings. The van der Waals surface area contributed by atoms with E-state index in [-0.39, 0.29) is 5.97 Å². The molecule has 0 aromatic heterocycles. The van der Waals surface area contributed by atoms with Crippen molar-refractivity contribution in [3.05, 3.63) is 65.7 Å². The van der Waals surface area contributed by atoms with Crippen LogP contribution in [-0.2, 0) is 21.3 Å². The molecule has 110 valence electrons. The fourth-order valence-electron chi connectivity index (χ4n) is 1.95. The van der Waals surface area contributed by atoms with Crippen molar-refractivity contribution in [3.8, 4) is 5.75 Å². The van der Waals surface area contributed by atoms with Crippen molar-refractivity contribution in [2.75, 3.05) is 7.11 Å². The Morgan fingerprint density at radius 2 is 1.71 bits per heavy atom. The van der Waals surface area contributed by atoms with Crippen molar-refractivity contribution in [1.29, 1.82) is 0 Å². The van der Waals surface area contributed by atoms with Gasteiger partial charge in [0.2, 0.25) is 0 Å². The summed E-state index contributed by atoms with van der Waals surface area (Å²) < 4.78 is 10.6. The Kier molecular flexibility index (Phi) is 5.81. The number of benzene rings is 2. The molecule has 21 heavy (non-hydrogen) atoms. The molecule has 0 aliphatic heterocycles. The number of methoxy groups -OCH3 is 1. The van der Waals surface area contributed by atoms with Gasteiger partial charge in [0.15, 0.2) is 6.10 Å². The number of hydrogen-bond donors (Lipinski definition) is 0. The zero-order valence-electron chi connectivity index (χ0n) is 11.8. The van der Waals surface area contributed by atoms with Crippen molar-refractivity contribution in [2.45, 2.75) is 17.9 Å². The molecular formula is C17H17BrO3. The van der Waals surface area contributed by atoms with E-state index in [1.807, 2.05) is 54.6 Å². The molecule has 0 saturated heterocycles. The lowest BCUT2D eigenvalue weighted by atomic mass is 10.1. The predicted molar refractivity (Wildman–Crippen MR) is 85.7 cm³/mol. The van der Waals surface area contributed by atoms with Crippen molar-refractivity contribution < 1.29 is 14.3 Å². The van der Waals surface area contributed by atoms with Gasteiger partial charge in [-0.1, -0.05) is 58.4 Å². The molecule has 2 aromatic carbocycles. The summed E-state index contributed by atoms with van der Waals surface area (Å²) in [6, 6.07) is 17.4. The van der Waals surface area contributed by atoms with Crippen LogP contribution in [0.15, 0.2) is 54.6 Å². The molecule has 0 heterocycles. The van der Waals surface area contributed by atoms with E-state index in [0.717, 1.165) is 16.5 Å². The fourth-order valence-corrected chi connectivity index (χ4v) is 2.33. The van der Waals surface area contributed by atoms with E-state index >= 15 is 0 Å². The smallest absolute Gasteiger partial charge is 0.347 e. The van der Waals surface area contributed by atoms with E-state index in [9.17, 15) is 4.79 Å². The van der Waals surface area contributed by atoms with E-state index < -0.39 is 6.10 Å². The molecule has 0 spiro atoms. The van der Waals surface area contributed by atoms with Gasteiger partial charge in [0, 0.05) is 11.8 Å². The van der Waals surface area contributed by atoms with Crippen LogP contribution in [0.4, 0.5) is 0 Å². The largest absolute Gasteiger partial charge is 0.478 e. The Hall–Kier alpha value is -1.81. The molecular weight excluding hydrogens is 332 g/mol. The predicted octanol–water partition coefficient (Wildman–Crippen LogP) is 3.74. The maximum Gasteiger partial charge on any atom is 0.347 e. The summed E-state index contributed by atoms with van der Waals surface area (Å²) >= 11 is 3.40. The number of hydrogen-bond acceptors (Lipinski definition) is 3. The van der Waals surface area contributed by atoms with E-state index in [2.05, 4.69) is 15.9 Å². The molecule has 1 atom stereocenters. The van der Waals surface area contributed by atoms with Crippen molar-refractivity contribution >= 4 is 21.9 Å². The number of halogens is 1. The van der Waals surface area contributed by atoms with Gasteiger partial charge in [-0.3, -0.25) is 0 Å². The first-order valence-electron chi connectivity index (χ1n) is 6.66. The van der Waals surface area contributed by atoms with E-state index in [4.69, 9.17) is 9.47 Å². The van der Waals surface area contributed by atoms with Crippen LogP contribution in [0.25, 0.3) is 0 Å². The van der Waals surface area contributed by atoms with E-state index in [1.165, 1.54) is 7.11 Å². The van der Waals surface area contributed by atoms with Gasteiger partial charge >= 0.3 is 5.97 Å². The molecule has 4 heteroatoms. The maximum atomic E-state index is 11.9. The van der Waals surface area contributed by atoms with Crippen LogP contribution < -0.4 is 4.74 Å². The molecule has 3 nitrogen and oxygen atoms in total. The number of carbonyl (C=O) groups is 1. The van der Waals surface area contributed by atoms with Gasteiger partial charge in [0.25, 0.3) is 0 Å². The lowest BCUT2D eigenvalue weighted by molar-refractivity contribution is -0.148. The molecule has 1 unspecified atom stereocenters. The summed E-state index contributed by atoms with van der Waals surface area (Å²) in [4.78, 5) is 11.9. The first-order chi connectivity index (χ1) is 10.2. The maximum absolute atomic E-state index is 11.9. The van der Waals surface area contributed by atoms with Crippen LogP contribution in [-0.4, -0.2) is 19.2 Å². The van der Waals surface area contributed by atoms with Crippen molar-refractivity contribution in [2.24, 2.45) is 0 Å². The number of esters is 1. The Morgan fingerprint density at radius 3 is 2.29 bits per heavy atom. The van der Waals surface area contributed by atoms with Gasteiger partial charge in [-0.05, 0) is 23.3 Å². The van der Waals surface area contributed by atoms with Gasteiger partial charge in [-0.15, -0.1) is 0 Å². The summed E-state index contributed by atoms with van der Waals surface area (Å²) in [7, 11) is 1.37. The standard InChI is InChI=1S/C17H17BrO3/c1-20-17(19)16(11-13-5-3-2-4-6-13)21-15-9-7-14(12-18)8-10-15/h2-10,16H,11-12H2,1H3. The second kappa shape index (κ2) is 7.84. The molecule has 0 aliphatic carbocycles. The van der Waals surface area contributed by atoms with Crippen molar-refractivity contribution in [1.82, 2.24) is 0 Å². The molecule has 2 rings (SSSR count). The number of rotatable bonds is 6. The summed E-state index contributed by atoms with van der Waals surface area (Å²) in [5, 5.41) is 0.789. The third kappa shape index (κ3) is 4.60. The van der Waals surface area contributed by atoms with Gasteiger partial charge in [0.05, 0.1) is 7.11 Å². The summed E-state index contributed by atoms with van der Waals surface area (Å²) in [5.74, 6) is 0.287. The quantitative estimate of drug-likeness (QED) is 0.589. The first kappa shape index (κ1) is 15.6. The van der Waals surface area contributed by atoms with Crippen LogP contribution in [0.2, 0.25) is 0 Å². The second-order valence-corrected chi connectivity index (χ2v) is 5.16. The number of alkyl halides is 1. The lowest BCUT2D eigenvalue weighted by Crippen LogP contribution is -2.30. The van der Waals surface area contributed by atoms with Gasteiger partial charge in [-0.2, -0.15) is 0 Å². The minimum atomic E-state index is -0.646. The SMILES string of the molecule is COC(=O)C(Cc1ccccc1)Oc1ccc(CBr)cc1. The topological polar surface area (TPSA) is 35.5 Å². The molecule has 0 aliphatic rings. The highest BCUT2D eigenvalue weighted by Crippen LogP contribution is 2.17. The van der Waals surface area contributed by atoms with Gasteiger partial charge in [-0.25, -0.2) is 4.79 Å². The second-order valence-electron chi connectivity index (χ2n) is 4.60. The highest BCUT2D eigenvalue weighted by molar-refractivity contribution is 9.08. The zero-order valence-corrected chi connectivity index (χ0v) is 13.4. The lowest BCUT2D eigenvalue weighted by Gasteiger charge is -2.17. The minimum Gasteiger partial charge on any atom is -0.478 e. The monoisotopic (exact) mass is 348 g/mol. The Balaban J connectivity index is 2.10. The average molecular weight is 349 g/mol. The van der Waals surface area contributed by atoms with Crippen LogP contribution in [0.5, 0.6) is 5.75 Å². The third-order valence-corrected chi connectivity index (χ3v) is 3.73. The van der Waals surface area contributed by atoms with Crippen LogP contribution in [0.1, 0.15) is 11.1 Å². The Morgan fingerprint density at radius 1 is 1.05 bits per heavy atom. The molecule has 0 radical (unpaired) electrons. The van der Waals surface area contributed by atoms with Crippen molar-refractivity contribution in [3.63, 3.8) is 0 Å². The third-order valence-electron chi connectivity index (χ3n) is 3.08. The Bertz CT molecular complexity index is 566. The molecule has 0 bridgehead atoms. The molecule has 0 saturated carbocycles. The Labute approximate surface area is 133 Å². The van der Waals surface area contributed by atoms with E-state index in [1.54, 1.807) is 0 Å². The molecule has 0 amide bonds. The molecule has 2 aromatic rings. The van der Waals surface area contributed by atoms with Gasteiger partial charge < -0.3 is 9.47 Å². The average Bonchev–Trinajstić information content (AvgIpc) is 2.55. The normalized spacial score (nSPS) is 11.7. The summed E-state index contributed by atoms with van der Waals surface area (Å²) in [6.07, 6.45) is -0.166. The van der Waals surface area contributed by atoms with Crippen LogP contribution in [0, 0.1) is 0 Å². The summed E-state index contributed by atoms with van der Waals surface area (Å²) in [5.41, 5.74) is 2.19. The fraction of sp³-hybridized carbons (Fsp3) is 0.235. The minimum absolute atomic E-state index is 0.372. The summed E-state index contributed by atoms with van der Waals surface area (Å²) in [6.45, 7) is 0. The number of ether oxygens (including phenoxy) is 2. The van der Waals surface area contributed by atoms with Gasteiger partial charge in [0.1, 0.15) is 5.75 Å². The van der Waals surface area contributed by atoms with Crippen LogP contribution in [0.3, 0.4) is 0 Å².